The molecule has 0 aliphatic carbocycles. The van der Waals surface area contributed by atoms with E-state index in [9.17, 15) is 4.79 Å². The Hall–Kier alpha value is -1.71. The maximum absolute atomic E-state index is 10.6. The molecule has 0 radical (unpaired) electrons. The first-order valence-electron chi connectivity index (χ1n) is 4.51. The molecular weight excluding hydrogens is 196 g/mol. The zero-order valence-electron chi connectivity index (χ0n) is 9.07. The molecule has 0 amide bonds. The molecular formula is C11H14O4. The number of carbonyl (C=O) groups excluding carboxylic acids is 1. The first-order chi connectivity index (χ1) is 7.15. The normalized spacial score (nSPS) is 9.53. The van der Waals surface area contributed by atoms with E-state index in [1.165, 1.54) is 6.92 Å². The van der Waals surface area contributed by atoms with Crippen LogP contribution in [0, 0.1) is 0 Å². The highest BCUT2D eigenvalue weighted by Gasteiger charge is 2.03. The van der Waals surface area contributed by atoms with Crippen LogP contribution in [0.4, 0.5) is 0 Å². The zero-order chi connectivity index (χ0) is 11.3. The minimum atomic E-state index is -0.309. The second kappa shape index (κ2) is 5.24. The van der Waals surface area contributed by atoms with E-state index in [1.807, 2.05) is 0 Å². The zero-order valence-corrected chi connectivity index (χ0v) is 9.07. The van der Waals surface area contributed by atoms with E-state index in [2.05, 4.69) is 0 Å². The maximum Gasteiger partial charge on any atom is 0.302 e. The molecule has 1 aromatic carbocycles. The van der Waals surface area contributed by atoms with Crippen LogP contribution < -0.4 is 9.47 Å². The van der Waals surface area contributed by atoms with Gasteiger partial charge in [-0.25, -0.2) is 0 Å². The molecule has 4 heteroatoms. The number of hydrogen-bond donors (Lipinski definition) is 0. The lowest BCUT2D eigenvalue weighted by Crippen LogP contribution is -1.99. The quantitative estimate of drug-likeness (QED) is 0.710. The lowest BCUT2D eigenvalue weighted by Gasteiger charge is -2.08. The molecule has 0 N–H and O–H groups in total. The van der Waals surface area contributed by atoms with E-state index < -0.39 is 0 Å². The highest BCUT2D eigenvalue weighted by atomic mass is 16.5. The first-order valence-corrected chi connectivity index (χ1v) is 4.51. The summed E-state index contributed by atoms with van der Waals surface area (Å²) in [7, 11) is 3.15. The third-order valence-electron chi connectivity index (χ3n) is 1.85. The minimum absolute atomic E-state index is 0.225. The summed E-state index contributed by atoms with van der Waals surface area (Å²) in [4.78, 5) is 10.6. The fourth-order valence-corrected chi connectivity index (χ4v) is 1.13. The van der Waals surface area contributed by atoms with E-state index in [1.54, 1.807) is 32.4 Å². The largest absolute Gasteiger partial charge is 0.497 e. The smallest absolute Gasteiger partial charge is 0.302 e. The van der Waals surface area contributed by atoms with Gasteiger partial charge in [-0.15, -0.1) is 0 Å². The SMILES string of the molecule is COc1cc(COC(C)=O)cc(OC)c1. The minimum Gasteiger partial charge on any atom is -0.497 e. The Morgan fingerprint density at radius 1 is 1.13 bits per heavy atom. The van der Waals surface area contributed by atoms with Crippen molar-refractivity contribution in [2.45, 2.75) is 13.5 Å². The van der Waals surface area contributed by atoms with Gasteiger partial charge in [-0.1, -0.05) is 0 Å². The first kappa shape index (κ1) is 11.4. The van der Waals surface area contributed by atoms with Crippen molar-refractivity contribution in [3.63, 3.8) is 0 Å². The summed E-state index contributed by atoms with van der Waals surface area (Å²) in [6.45, 7) is 1.60. The van der Waals surface area contributed by atoms with Crippen molar-refractivity contribution < 1.29 is 19.0 Å². The van der Waals surface area contributed by atoms with Crippen LogP contribution in [0.25, 0.3) is 0 Å². The van der Waals surface area contributed by atoms with Crippen molar-refractivity contribution in [3.05, 3.63) is 23.8 Å². The van der Waals surface area contributed by atoms with Crippen molar-refractivity contribution in [1.82, 2.24) is 0 Å². The summed E-state index contributed by atoms with van der Waals surface area (Å²) in [6, 6.07) is 5.36. The number of hydrogen-bond acceptors (Lipinski definition) is 4. The molecule has 0 aliphatic rings. The number of methoxy groups -OCH3 is 2. The number of esters is 1. The second-order valence-electron chi connectivity index (χ2n) is 3.00. The van der Waals surface area contributed by atoms with Crippen LogP contribution in [-0.2, 0) is 16.1 Å². The van der Waals surface area contributed by atoms with Gasteiger partial charge < -0.3 is 14.2 Å². The van der Waals surface area contributed by atoms with Crippen LogP contribution in [0.3, 0.4) is 0 Å². The number of carbonyl (C=O) groups is 1. The molecule has 1 aromatic rings. The Morgan fingerprint density at radius 2 is 1.67 bits per heavy atom. The van der Waals surface area contributed by atoms with Crippen molar-refractivity contribution in [1.29, 1.82) is 0 Å². The second-order valence-corrected chi connectivity index (χ2v) is 3.00. The van der Waals surface area contributed by atoms with Gasteiger partial charge in [0, 0.05) is 13.0 Å². The summed E-state index contributed by atoms with van der Waals surface area (Å²) in [5, 5.41) is 0. The van der Waals surface area contributed by atoms with E-state index in [0.717, 1.165) is 5.56 Å². The van der Waals surface area contributed by atoms with E-state index in [4.69, 9.17) is 14.2 Å². The van der Waals surface area contributed by atoms with Gasteiger partial charge in [0.05, 0.1) is 14.2 Å². The predicted octanol–water partition coefficient (Wildman–Crippen LogP) is 1.77. The fourth-order valence-electron chi connectivity index (χ4n) is 1.13. The lowest BCUT2D eigenvalue weighted by atomic mass is 10.2. The van der Waals surface area contributed by atoms with Crippen LogP contribution in [0.2, 0.25) is 0 Å². The van der Waals surface area contributed by atoms with E-state index in [-0.39, 0.29) is 12.6 Å². The Balaban J connectivity index is 2.81. The van der Waals surface area contributed by atoms with Crippen LogP contribution in [-0.4, -0.2) is 20.2 Å². The summed E-state index contributed by atoms with van der Waals surface area (Å²) in [6.07, 6.45) is 0. The van der Waals surface area contributed by atoms with Gasteiger partial charge in [0.15, 0.2) is 0 Å². The maximum atomic E-state index is 10.6. The van der Waals surface area contributed by atoms with Gasteiger partial charge in [0.1, 0.15) is 18.1 Å². The molecule has 4 nitrogen and oxygen atoms in total. The molecule has 0 atom stereocenters. The highest BCUT2D eigenvalue weighted by Crippen LogP contribution is 2.22. The van der Waals surface area contributed by atoms with Gasteiger partial charge in [-0.3, -0.25) is 4.79 Å². The van der Waals surface area contributed by atoms with Crippen molar-refractivity contribution >= 4 is 5.97 Å². The van der Waals surface area contributed by atoms with Crippen molar-refractivity contribution in [2.24, 2.45) is 0 Å². The Kier molecular flexibility index (Phi) is 3.97. The third kappa shape index (κ3) is 3.50. The molecule has 0 unspecified atom stereocenters. The fraction of sp³-hybridized carbons (Fsp3) is 0.364. The molecule has 0 saturated heterocycles. The summed E-state index contributed by atoms with van der Waals surface area (Å²) >= 11 is 0. The number of ether oxygens (including phenoxy) is 3. The number of rotatable bonds is 4. The standard InChI is InChI=1S/C11H14O4/c1-8(12)15-7-9-4-10(13-2)6-11(5-9)14-3/h4-6H,7H2,1-3H3. The molecule has 0 spiro atoms. The van der Waals surface area contributed by atoms with Crippen molar-refractivity contribution in [3.8, 4) is 11.5 Å². The average Bonchev–Trinajstić information content (AvgIpc) is 2.25. The molecule has 0 aliphatic heterocycles. The molecule has 15 heavy (non-hydrogen) atoms. The Labute approximate surface area is 88.8 Å². The van der Waals surface area contributed by atoms with E-state index in [0.29, 0.717) is 11.5 Å². The van der Waals surface area contributed by atoms with Crippen LogP contribution in [0.5, 0.6) is 11.5 Å². The molecule has 0 saturated carbocycles. The van der Waals surface area contributed by atoms with Gasteiger partial charge >= 0.3 is 5.97 Å². The summed E-state index contributed by atoms with van der Waals surface area (Å²) in [5.74, 6) is 1.05. The van der Waals surface area contributed by atoms with Crippen LogP contribution in [0.1, 0.15) is 12.5 Å². The molecule has 0 aromatic heterocycles. The number of benzene rings is 1. The van der Waals surface area contributed by atoms with E-state index >= 15 is 0 Å². The monoisotopic (exact) mass is 210 g/mol. The molecule has 82 valence electrons. The molecule has 0 bridgehead atoms. The average molecular weight is 210 g/mol. The van der Waals surface area contributed by atoms with Crippen LogP contribution >= 0.6 is 0 Å². The van der Waals surface area contributed by atoms with Gasteiger partial charge in [-0.2, -0.15) is 0 Å². The van der Waals surface area contributed by atoms with Gasteiger partial charge in [0.2, 0.25) is 0 Å². The lowest BCUT2D eigenvalue weighted by molar-refractivity contribution is -0.142. The molecule has 0 heterocycles. The van der Waals surface area contributed by atoms with Crippen molar-refractivity contribution in [2.75, 3.05) is 14.2 Å². The molecule has 0 fully saturated rings. The predicted molar refractivity (Wildman–Crippen MR) is 55.0 cm³/mol. The third-order valence-corrected chi connectivity index (χ3v) is 1.85. The van der Waals surface area contributed by atoms with Gasteiger partial charge in [-0.05, 0) is 17.7 Å². The summed E-state index contributed by atoms with van der Waals surface area (Å²) < 4.78 is 15.0. The molecule has 1 rings (SSSR count). The Bertz CT molecular complexity index is 324. The van der Waals surface area contributed by atoms with Crippen LogP contribution in [0.15, 0.2) is 18.2 Å². The summed E-state index contributed by atoms with van der Waals surface area (Å²) in [5.41, 5.74) is 0.835. The Morgan fingerprint density at radius 3 is 2.07 bits per heavy atom. The topological polar surface area (TPSA) is 44.8 Å². The van der Waals surface area contributed by atoms with Gasteiger partial charge in [0.25, 0.3) is 0 Å². The highest BCUT2D eigenvalue weighted by molar-refractivity contribution is 5.65.